The molecule has 0 radical (unpaired) electrons. The van der Waals surface area contributed by atoms with Gasteiger partial charge in [0.25, 0.3) is 0 Å². The number of nitrogens with one attached hydrogen (secondary N) is 3. The molecule has 0 aromatic carbocycles. The topological polar surface area (TPSA) is 75.1 Å². The van der Waals surface area contributed by atoms with Gasteiger partial charge < -0.3 is 10.2 Å². The number of aromatic nitrogens is 3. The Morgan fingerprint density at radius 3 is 2.86 bits per heavy atom. The molecule has 3 N–H and O–H groups in total. The van der Waals surface area contributed by atoms with Crippen LogP contribution in [0.2, 0.25) is 0 Å². The van der Waals surface area contributed by atoms with Gasteiger partial charge in [0.2, 0.25) is 0 Å². The molecule has 0 aliphatic carbocycles. The zero-order chi connectivity index (χ0) is 10.6. The minimum absolute atomic E-state index is 0.421. The van der Waals surface area contributed by atoms with Gasteiger partial charge in [-0.05, 0) is 6.92 Å². The summed E-state index contributed by atoms with van der Waals surface area (Å²) in [5, 5.41) is 9.16. The molecule has 0 unspecified atom stereocenters. The van der Waals surface area contributed by atoms with Crippen LogP contribution in [0.1, 0.15) is 5.69 Å². The first-order valence-corrected chi connectivity index (χ1v) is 4.56. The van der Waals surface area contributed by atoms with Gasteiger partial charge in [-0.3, -0.25) is 0 Å². The Morgan fingerprint density at radius 2 is 2.21 bits per heavy atom. The highest BCUT2D eigenvalue weighted by Gasteiger charge is 2.01. The van der Waals surface area contributed by atoms with Gasteiger partial charge in [0.15, 0.2) is 5.82 Å². The van der Waals surface area contributed by atoms with Crippen LogP contribution in [-0.2, 0) is 0 Å². The van der Waals surface area contributed by atoms with Gasteiger partial charge in [0.05, 0.1) is 27.2 Å². The number of hydrogen-bond acceptors (Lipinski definition) is 4. The lowest BCUT2D eigenvalue weighted by molar-refractivity contribution is -0.856. The number of likely N-dealkylation sites (N-methyl/N-ethyl adjacent to an activating group) is 1. The molecule has 0 saturated heterocycles. The summed E-state index contributed by atoms with van der Waals surface area (Å²) in [6.45, 7) is 3.54. The van der Waals surface area contributed by atoms with Crippen molar-refractivity contribution in [3.05, 3.63) is 16.2 Å². The molecule has 0 saturated carbocycles. The second kappa shape index (κ2) is 4.71. The Kier molecular flexibility index (Phi) is 3.58. The van der Waals surface area contributed by atoms with Crippen molar-refractivity contribution in [1.29, 1.82) is 0 Å². The third-order valence-corrected chi connectivity index (χ3v) is 1.79. The van der Waals surface area contributed by atoms with Crippen LogP contribution in [-0.4, -0.2) is 42.4 Å². The summed E-state index contributed by atoms with van der Waals surface area (Å²) in [6, 6.07) is 0. The Bertz CT molecular complexity index is 346. The molecule has 0 atom stereocenters. The number of aryl methyl sites for hydroxylation is 1. The first-order valence-electron chi connectivity index (χ1n) is 4.56. The maximum atomic E-state index is 10.9. The first-order chi connectivity index (χ1) is 6.59. The molecule has 1 aromatic heterocycles. The largest absolute Gasteiger partial charge is 0.363 e. The number of nitrogens with zero attached hydrogens (tertiary/aromatic N) is 2. The normalized spacial score (nSPS) is 10.6. The van der Waals surface area contributed by atoms with Crippen LogP contribution in [0.25, 0.3) is 0 Å². The molecule has 14 heavy (non-hydrogen) atoms. The highest BCUT2D eigenvalue weighted by Crippen LogP contribution is 2.01. The van der Waals surface area contributed by atoms with Gasteiger partial charge in [-0.15, -0.1) is 0 Å². The summed E-state index contributed by atoms with van der Waals surface area (Å²) < 4.78 is 0. The number of anilines is 1. The van der Waals surface area contributed by atoms with Gasteiger partial charge in [-0.1, -0.05) is 0 Å². The second-order valence-corrected chi connectivity index (χ2v) is 3.46. The average molecular weight is 198 g/mol. The predicted octanol–water partition coefficient (Wildman–Crippen LogP) is -1.97. The van der Waals surface area contributed by atoms with E-state index in [2.05, 4.69) is 34.6 Å². The molecule has 0 aliphatic rings. The maximum Gasteiger partial charge on any atom is 0.363 e. The van der Waals surface area contributed by atoms with E-state index in [1.54, 1.807) is 6.92 Å². The molecule has 1 heterocycles. The molecular formula is C8H16N5O+. The maximum absolute atomic E-state index is 10.9. The summed E-state index contributed by atoms with van der Waals surface area (Å²) in [5.41, 5.74) is 0.286. The average Bonchev–Trinajstić information content (AvgIpc) is 2.10. The summed E-state index contributed by atoms with van der Waals surface area (Å²) in [6.07, 6.45) is 0. The number of H-pyrrole nitrogens is 1. The molecular weight excluding hydrogens is 182 g/mol. The minimum atomic E-state index is -0.421. The number of rotatable bonds is 4. The lowest BCUT2D eigenvalue weighted by Crippen LogP contribution is -3.06. The lowest BCUT2D eigenvalue weighted by atomic mass is 10.4. The van der Waals surface area contributed by atoms with Gasteiger partial charge in [-0.2, -0.15) is 10.1 Å². The van der Waals surface area contributed by atoms with Gasteiger partial charge >= 0.3 is 5.69 Å². The lowest BCUT2D eigenvalue weighted by Gasteiger charge is -2.09. The molecule has 78 valence electrons. The van der Waals surface area contributed by atoms with Crippen molar-refractivity contribution >= 4 is 5.82 Å². The van der Waals surface area contributed by atoms with E-state index in [1.807, 2.05) is 0 Å². The fourth-order valence-electron chi connectivity index (χ4n) is 0.990. The van der Waals surface area contributed by atoms with Crippen molar-refractivity contribution in [1.82, 2.24) is 15.2 Å². The smallest absolute Gasteiger partial charge is 0.363 e. The van der Waals surface area contributed by atoms with Crippen LogP contribution in [0.4, 0.5) is 5.82 Å². The van der Waals surface area contributed by atoms with Crippen molar-refractivity contribution in [2.45, 2.75) is 6.92 Å². The molecule has 1 rings (SSSR count). The van der Waals surface area contributed by atoms with Crippen molar-refractivity contribution in [2.75, 3.05) is 32.5 Å². The van der Waals surface area contributed by atoms with E-state index in [0.717, 1.165) is 13.1 Å². The van der Waals surface area contributed by atoms with Crippen LogP contribution in [0.5, 0.6) is 0 Å². The zero-order valence-electron chi connectivity index (χ0n) is 8.72. The van der Waals surface area contributed by atoms with E-state index in [-0.39, 0.29) is 0 Å². The Hall–Kier alpha value is -1.43. The fourth-order valence-corrected chi connectivity index (χ4v) is 0.990. The molecule has 0 amide bonds. The van der Waals surface area contributed by atoms with Crippen molar-refractivity contribution in [3.63, 3.8) is 0 Å². The first kappa shape index (κ1) is 10.6. The van der Waals surface area contributed by atoms with Crippen LogP contribution in [0.15, 0.2) is 4.79 Å². The molecule has 0 fully saturated rings. The fraction of sp³-hybridized carbons (Fsp3) is 0.625. The number of hydrogen-bond donors (Lipinski definition) is 3. The van der Waals surface area contributed by atoms with Crippen LogP contribution in [0, 0.1) is 6.92 Å². The summed E-state index contributed by atoms with van der Waals surface area (Å²) in [4.78, 5) is 16.0. The summed E-state index contributed by atoms with van der Waals surface area (Å²) in [5.74, 6) is 0.565. The summed E-state index contributed by atoms with van der Waals surface area (Å²) >= 11 is 0. The molecule has 1 aromatic rings. The van der Waals surface area contributed by atoms with Crippen LogP contribution in [0.3, 0.4) is 0 Å². The van der Waals surface area contributed by atoms with Gasteiger partial charge in [0.1, 0.15) is 5.69 Å². The van der Waals surface area contributed by atoms with E-state index in [9.17, 15) is 4.79 Å². The monoisotopic (exact) mass is 198 g/mol. The Labute approximate surface area is 82.4 Å². The highest BCUT2D eigenvalue weighted by molar-refractivity contribution is 5.37. The van der Waals surface area contributed by atoms with E-state index in [4.69, 9.17) is 0 Å². The number of quaternary nitrogens is 1. The second-order valence-electron chi connectivity index (χ2n) is 3.46. The van der Waals surface area contributed by atoms with Crippen molar-refractivity contribution in [3.8, 4) is 0 Å². The third kappa shape index (κ3) is 3.14. The van der Waals surface area contributed by atoms with Crippen LogP contribution >= 0.6 is 0 Å². The highest BCUT2D eigenvalue weighted by atomic mass is 16.1. The van der Waals surface area contributed by atoms with E-state index >= 15 is 0 Å². The molecule has 0 spiro atoms. The SMILES string of the molecule is Cc1n[nH]c(=O)nc1NCC[NH+](C)C. The molecule has 6 heteroatoms. The van der Waals surface area contributed by atoms with E-state index < -0.39 is 5.69 Å². The quantitative estimate of drug-likeness (QED) is 0.524. The minimum Gasteiger partial charge on any atom is -0.363 e. The number of aromatic amines is 1. The predicted molar refractivity (Wildman–Crippen MR) is 53.6 cm³/mol. The van der Waals surface area contributed by atoms with Gasteiger partial charge in [0, 0.05) is 0 Å². The van der Waals surface area contributed by atoms with E-state index in [1.165, 1.54) is 4.90 Å². The molecule has 0 bridgehead atoms. The van der Waals surface area contributed by atoms with Crippen LogP contribution < -0.4 is 15.9 Å². The van der Waals surface area contributed by atoms with E-state index in [0.29, 0.717) is 11.5 Å². The Morgan fingerprint density at radius 1 is 1.50 bits per heavy atom. The third-order valence-electron chi connectivity index (χ3n) is 1.79. The summed E-state index contributed by atoms with van der Waals surface area (Å²) in [7, 11) is 4.13. The Balaban J connectivity index is 2.58. The van der Waals surface area contributed by atoms with Gasteiger partial charge in [-0.25, -0.2) is 9.89 Å². The van der Waals surface area contributed by atoms with Crippen molar-refractivity contribution in [2.24, 2.45) is 0 Å². The molecule has 6 nitrogen and oxygen atoms in total. The van der Waals surface area contributed by atoms with Crippen molar-refractivity contribution < 1.29 is 4.90 Å². The zero-order valence-corrected chi connectivity index (χ0v) is 8.72. The molecule has 0 aliphatic heterocycles. The standard InChI is InChI=1S/C8H15N5O/c1-6-7(9-4-5-13(2)3)10-8(14)12-11-6/h4-5H2,1-3H3,(H2,9,10,12,14)/p+1.